The van der Waals surface area contributed by atoms with Gasteiger partial charge < -0.3 is 4.74 Å². The van der Waals surface area contributed by atoms with Crippen molar-refractivity contribution >= 4 is 0 Å². The van der Waals surface area contributed by atoms with Gasteiger partial charge >= 0.3 is 0 Å². The molecule has 0 saturated carbocycles. The minimum absolute atomic E-state index is 0.0206. The lowest BCUT2D eigenvalue weighted by Gasteiger charge is -2.30. The average molecular weight is 216 g/mol. The fourth-order valence-corrected chi connectivity index (χ4v) is 1.93. The van der Waals surface area contributed by atoms with E-state index in [2.05, 4.69) is 13.5 Å². The van der Waals surface area contributed by atoms with Crippen molar-refractivity contribution in [3.05, 3.63) is 12.7 Å². The van der Waals surface area contributed by atoms with E-state index in [0.717, 1.165) is 19.3 Å². The zero-order valence-electron chi connectivity index (χ0n) is 10.4. The van der Waals surface area contributed by atoms with Gasteiger partial charge in [-0.15, -0.1) is 6.58 Å². The molecule has 2 heteroatoms. The predicted octanol–water partition coefficient (Wildman–Crippen LogP) is 4.13. The molecule has 2 atom stereocenters. The topological polar surface area (TPSA) is 9.23 Å². The molecule has 1 nitrogen and oxygen atoms in total. The van der Waals surface area contributed by atoms with E-state index in [1.165, 1.54) is 0 Å². The summed E-state index contributed by atoms with van der Waals surface area (Å²) in [6, 6.07) is 0. The maximum absolute atomic E-state index is 13.4. The molecule has 0 fully saturated rings. The lowest BCUT2D eigenvalue weighted by molar-refractivity contribution is 0.0557. The summed E-state index contributed by atoms with van der Waals surface area (Å²) in [5.41, 5.74) is -0.0206. The molecule has 0 aromatic heterocycles. The minimum atomic E-state index is -0.700. The summed E-state index contributed by atoms with van der Waals surface area (Å²) in [7, 11) is 1.69. The van der Waals surface area contributed by atoms with Gasteiger partial charge in [0.1, 0.15) is 6.17 Å². The normalized spacial score (nSPS) is 17.1. The SMILES string of the molecule is C=CCCC[C@](C)(COC)C[C@H](F)CC. The largest absolute Gasteiger partial charge is 0.384 e. The van der Waals surface area contributed by atoms with E-state index in [1.54, 1.807) is 7.11 Å². The molecule has 0 amide bonds. The first kappa shape index (κ1) is 14.6. The maximum Gasteiger partial charge on any atom is 0.100 e. The molecule has 0 aliphatic rings. The van der Waals surface area contributed by atoms with Gasteiger partial charge in [-0.25, -0.2) is 4.39 Å². The number of unbranched alkanes of at least 4 members (excludes halogenated alkanes) is 1. The van der Waals surface area contributed by atoms with Crippen molar-refractivity contribution < 1.29 is 9.13 Å². The van der Waals surface area contributed by atoms with Crippen molar-refractivity contribution in [2.45, 2.75) is 52.1 Å². The Bertz CT molecular complexity index is 170. The molecule has 0 spiro atoms. The molecule has 0 unspecified atom stereocenters. The molecule has 0 rings (SSSR count). The van der Waals surface area contributed by atoms with E-state index in [-0.39, 0.29) is 5.41 Å². The van der Waals surface area contributed by atoms with Crippen LogP contribution in [0.5, 0.6) is 0 Å². The van der Waals surface area contributed by atoms with Gasteiger partial charge in [-0.3, -0.25) is 0 Å². The van der Waals surface area contributed by atoms with Crippen molar-refractivity contribution in [1.29, 1.82) is 0 Å². The molecular formula is C13H25FO. The third-order valence-corrected chi connectivity index (χ3v) is 2.84. The maximum atomic E-state index is 13.4. The van der Waals surface area contributed by atoms with Crippen molar-refractivity contribution in [2.75, 3.05) is 13.7 Å². The quantitative estimate of drug-likeness (QED) is 0.416. The van der Waals surface area contributed by atoms with Gasteiger partial charge in [0.25, 0.3) is 0 Å². The second-order valence-corrected chi connectivity index (χ2v) is 4.63. The van der Waals surface area contributed by atoms with Crippen LogP contribution in [0.25, 0.3) is 0 Å². The zero-order valence-corrected chi connectivity index (χ0v) is 10.4. The first-order valence-corrected chi connectivity index (χ1v) is 5.82. The molecule has 15 heavy (non-hydrogen) atoms. The number of halogens is 1. The fourth-order valence-electron chi connectivity index (χ4n) is 1.93. The van der Waals surface area contributed by atoms with Gasteiger partial charge in [0.15, 0.2) is 0 Å². The molecule has 0 aliphatic heterocycles. The number of hydrogen-bond acceptors (Lipinski definition) is 1. The van der Waals surface area contributed by atoms with Crippen molar-refractivity contribution in [3.8, 4) is 0 Å². The smallest absolute Gasteiger partial charge is 0.100 e. The summed E-state index contributed by atoms with van der Waals surface area (Å²) in [6.45, 7) is 8.34. The summed E-state index contributed by atoms with van der Waals surface area (Å²) in [5, 5.41) is 0. The molecule has 0 heterocycles. The Morgan fingerprint density at radius 2 is 2.20 bits per heavy atom. The Morgan fingerprint density at radius 3 is 2.67 bits per heavy atom. The van der Waals surface area contributed by atoms with E-state index in [9.17, 15) is 4.39 Å². The monoisotopic (exact) mass is 216 g/mol. The third kappa shape index (κ3) is 6.67. The standard InChI is InChI=1S/C13H25FO/c1-5-7-8-9-13(3,11-15-4)10-12(14)6-2/h5,12H,1,6-11H2,2-4H3/t12-,13+/m1/s1. The lowest BCUT2D eigenvalue weighted by atomic mass is 9.80. The highest BCUT2D eigenvalue weighted by Crippen LogP contribution is 2.32. The van der Waals surface area contributed by atoms with Crippen LogP contribution < -0.4 is 0 Å². The highest BCUT2D eigenvalue weighted by Gasteiger charge is 2.27. The molecule has 0 aromatic rings. The van der Waals surface area contributed by atoms with Crippen LogP contribution in [0.4, 0.5) is 4.39 Å². The van der Waals surface area contributed by atoms with Gasteiger partial charge in [-0.1, -0.05) is 19.9 Å². The molecule has 0 aromatic carbocycles. The van der Waals surface area contributed by atoms with Crippen LogP contribution in [-0.2, 0) is 4.74 Å². The number of allylic oxidation sites excluding steroid dienone is 1. The van der Waals surface area contributed by atoms with Crippen LogP contribution in [0, 0.1) is 5.41 Å². The van der Waals surface area contributed by atoms with Crippen LogP contribution in [0.15, 0.2) is 12.7 Å². The van der Waals surface area contributed by atoms with E-state index in [1.807, 2.05) is 13.0 Å². The van der Waals surface area contributed by atoms with E-state index >= 15 is 0 Å². The highest BCUT2D eigenvalue weighted by atomic mass is 19.1. The average Bonchev–Trinajstić information content (AvgIpc) is 2.18. The second-order valence-electron chi connectivity index (χ2n) is 4.63. The lowest BCUT2D eigenvalue weighted by Crippen LogP contribution is -2.26. The Hall–Kier alpha value is -0.370. The van der Waals surface area contributed by atoms with Crippen LogP contribution in [0.3, 0.4) is 0 Å². The Kier molecular flexibility index (Phi) is 7.67. The number of methoxy groups -OCH3 is 1. The van der Waals surface area contributed by atoms with E-state index in [4.69, 9.17) is 4.74 Å². The van der Waals surface area contributed by atoms with Gasteiger partial charge in [0.05, 0.1) is 6.61 Å². The molecule has 90 valence electrons. The van der Waals surface area contributed by atoms with Crippen LogP contribution in [0.2, 0.25) is 0 Å². The number of rotatable bonds is 9. The number of ether oxygens (including phenoxy) is 1. The van der Waals surface area contributed by atoms with Crippen molar-refractivity contribution in [2.24, 2.45) is 5.41 Å². The summed E-state index contributed by atoms with van der Waals surface area (Å²) in [5.74, 6) is 0. The van der Waals surface area contributed by atoms with Crippen molar-refractivity contribution in [1.82, 2.24) is 0 Å². The number of hydrogen-bond donors (Lipinski definition) is 0. The van der Waals surface area contributed by atoms with Gasteiger partial charge in [0.2, 0.25) is 0 Å². The third-order valence-electron chi connectivity index (χ3n) is 2.84. The number of alkyl halides is 1. The van der Waals surface area contributed by atoms with Crippen molar-refractivity contribution in [3.63, 3.8) is 0 Å². The minimum Gasteiger partial charge on any atom is -0.384 e. The Balaban J connectivity index is 4.10. The summed E-state index contributed by atoms with van der Waals surface area (Å²) in [6.07, 6.45) is 5.50. The summed E-state index contributed by atoms with van der Waals surface area (Å²) >= 11 is 0. The Morgan fingerprint density at radius 1 is 1.53 bits per heavy atom. The molecule has 0 aliphatic carbocycles. The van der Waals surface area contributed by atoms with Gasteiger partial charge in [-0.05, 0) is 37.5 Å². The second kappa shape index (κ2) is 7.86. The summed E-state index contributed by atoms with van der Waals surface area (Å²) < 4.78 is 18.6. The zero-order chi connectivity index (χ0) is 11.7. The van der Waals surface area contributed by atoms with E-state index < -0.39 is 6.17 Å². The Labute approximate surface area is 93.7 Å². The molecule has 0 N–H and O–H groups in total. The summed E-state index contributed by atoms with van der Waals surface area (Å²) in [4.78, 5) is 0. The van der Waals surface area contributed by atoms with E-state index in [0.29, 0.717) is 19.4 Å². The fraction of sp³-hybridized carbons (Fsp3) is 0.846. The first-order chi connectivity index (χ1) is 7.08. The van der Waals surface area contributed by atoms with Crippen LogP contribution in [-0.4, -0.2) is 19.9 Å². The molecular weight excluding hydrogens is 191 g/mol. The molecule has 0 bridgehead atoms. The molecule has 0 radical (unpaired) electrons. The predicted molar refractivity (Wildman–Crippen MR) is 63.8 cm³/mol. The van der Waals surface area contributed by atoms with Gasteiger partial charge in [-0.2, -0.15) is 0 Å². The van der Waals surface area contributed by atoms with Crippen LogP contribution >= 0.6 is 0 Å². The highest BCUT2D eigenvalue weighted by molar-refractivity contribution is 4.79. The van der Waals surface area contributed by atoms with Crippen LogP contribution in [0.1, 0.15) is 46.0 Å². The molecule has 0 saturated heterocycles. The van der Waals surface area contributed by atoms with Gasteiger partial charge in [0, 0.05) is 7.11 Å². The first-order valence-electron chi connectivity index (χ1n) is 5.82.